The summed E-state index contributed by atoms with van der Waals surface area (Å²) >= 11 is 0. The zero-order valence-corrected chi connectivity index (χ0v) is 11.4. The Kier molecular flexibility index (Phi) is 4.14. The van der Waals surface area contributed by atoms with Crippen LogP contribution in [0.1, 0.15) is 71.1 Å². The molecule has 3 N–H and O–H groups in total. The predicted molar refractivity (Wildman–Crippen MR) is 71.8 cm³/mol. The molecule has 0 aliphatic heterocycles. The van der Waals surface area contributed by atoms with E-state index in [2.05, 4.69) is 6.92 Å². The van der Waals surface area contributed by atoms with Gasteiger partial charge < -0.3 is 10.8 Å². The second-order valence-electron chi connectivity index (χ2n) is 6.45. The summed E-state index contributed by atoms with van der Waals surface area (Å²) in [6, 6.07) is 0. The van der Waals surface area contributed by atoms with Gasteiger partial charge in [-0.05, 0) is 38.0 Å². The minimum atomic E-state index is -0.452. The van der Waals surface area contributed by atoms with Gasteiger partial charge in [-0.2, -0.15) is 0 Å². The van der Waals surface area contributed by atoms with E-state index in [9.17, 15) is 5.11 Å². The monoisotopic (exact) mass is 239 g/mol. The maximum Gasteiger partial charge on any atom is 0.0718 e. The summed E-state index contributed by atoms with van der Waals surface area (Å²) in [4.78, 5) is 0. The Labute approximate surface area is 106 Å². The molecule has 0 aromatic heterocycles. The summed E-state index contributed by atoms with van der Waals surface area (Å²) in [6.45, 7) is 2.93. The maximum absolute atomic E-state index is 11.1. The SMILES string of the molecule is CCC1CCC(O)(C2(CN)CCCCCC2)C1. The highest BCUT2D eigenvalue weighted by atomic mass is 16.3. The van der Waals surface area contributed by atoms with Crippen LogP contribution in [-0.2, 0) is 0 Å². The summed E-state index contributed by atoms with van der Waals surface area (Å²) in [5.41, 5.74) is 5.68. The summed E-state index contributed by atoms with van der Waals surface area (Å²) in [6.07, 6.45) is 11.9. The van der Waals surface area contributed by atoms with Crippen molar-refractivity contribution in [3.8, 4) is 0 Å². The summed E-state index contributed by atoms with van der Waals surface area (Å²) < 4.78 is 0. The standard InChI is InChI=1S/C15H29NO/c1-2-13-7-10-15(17,11-13)14(12-16)8-5-3-4-6-9-14/h13,17H,2-12,16H2,1H3. The zero-order valence-electron chi connectivity index (χ0n) is 11.4. The molecule has 0 spiro atoms. The first-order valence-corrected chi connectivity index (χ1v) is 7.58. The largest absolute Gasteiger partial charge is 0.389 e. The minimum Gasteiger partial charge on any atom is -0.389 e. The maximum atomic E-state index is 11.1. The van der Waals surface area contributed by atoms with E-state index in [1.807, 2.05) is 0 Å². The molecule has 2 aliphatic rings. The third-order valence-corrected chi connectivity index (χ3v) is 5.61. The number of hydrogen-bond donors (Lipinski definition) is 2. The van der Waals surface area contributed by atoms with Crippen molar-refractivity contribution < 1.29 is 5.11 Å². The highest BCUT2D eigenvalue weighted by Gasteiger charge is 2.52. The molecular formula is C15H29NO. The number of nitrogens with two attached hydrogens (primary N) is 1. The van der Waals surface area contributed by atoms with E-state index in [1.165, 1.54) is 38.5 Å². The van der Waals surface area contributed by atoms with Crippen molar-refractivity contribution in [3.05, 3.63) is 0 Å². The van der Waals surface area contributed by atoms with Gasteiger partial charge in [-0.1, -0.05) is 39.0 Å². The molecule has 2 fully saturated rings. The van der Waals surface area contributed by atoms with Gasteiger partial charge in [-0.15, -0.1) is 0 Å². The Balaban J connectivity index is 2.15. The van der Waals surface area contributed by atoms with Gasteiger partial charge in [0.2, 0.25) is 0 Å². The van der Waals surface area contributed by atoms with Gasteiger partial charge in [0.05, 0.1) is 5.60 Å². The highest BCUT2D eigenvalue weighted by molar-refractivity contribution is 5.04. The Hall–Kier alpha value is -0.0800. The van der Waals surface area contributed by atoms with Crippen LogP contribution in [0.5, 0.6) is 0 Å². The van der Waals surface area contributed by atoms with E-state index in [0.29, 0.717) is 6.54 Å². The molecule has 100 valence electrons. The van der Waals surface area contributed by atoms with Crippen LogP contribution in [0.25, 0.3) is 0 Å². The van der Waals surface area contributed by atoms with Gasteiger partial charge in [-0.25, -0.2) is 0 Å². The Morgan fingerprint density at radius 3 is 2.24 bits per heavy atom. The molecule has 2 unspecified atom stereocenters. The second kappa shape index (κ2) is 5.27. The van der Waals surface area contributed by atoms with Crippen LogP contribution < -0.4 is 5.73 Å². The fraction of sp³-hybridized carbons (Fsp3) is 1.00. The molecule has 0 amide bonds. The van der Waals surface area contributed by atoms with Crippen LogP contribution in [0.2, 0.25) is 0 Å². The lowest BCUT2D eigenvalue weighted by atomic mass is 9.65. The van der Waals surface area contributed by atoms with Crippen molar-refractivity contribution in [2.75, 3.05) is 6.54 Å². The first kappa shape index (κ1) is 13.4. The quantitative estimate of drug-likeness (QED) is 0.743. The summed E-state index contributed by atoms with van der Waals surface area (Å²) in [5.74, 6) is 0.728. The summed E-state index contributed by atoms with van der Waals surface area (Å²) in [5, 5.41) is 11.1. The van der Waals surface area contributed by atoms with Gasteiger partial charge in [0, 0.05) is 12.0 Å². The van der Waals surface area contributed by atoms with Crippen LogP contribution in [0.3, 0.4) is 0 Å². The molecular weight excluding hydrogens is 210 g/mol. The smallest absolute Gasteiger partial charge is 0.0718 e. The van der Waals surface area contributed by atoms with Gasteiger partial charge >= 0.3 is 0 Å². The highest BCUT2D eigenvalue weighted by Crippen LogP contribution is 2.52. The minimum absolute atomic E-state index is 0.0351. The lowest BCUT2D eigenvalue weighted by molar-refractivity contribution is -0.0868. The van der Waals surface area contributed by atoms with Crippen molar-refractivity contribution >= 4 is 0 Å². The van der Waals surface area contributed by atoms with Crippen molar-refractivity contribution in [3.63, 3.8) is 0 Å². The van der Waals surface area contributed by atoms with Crippen LogP contribution in [0.4, 0.5) is 0 Å². The third kappa shape index (κ3) is 2.39. The molecule has 0 heterocycles. The zero-order chi connectivity index (χ0) is 12.4. The number of hydrogen-bond acceptors (Lipinski definition) is 2. The van der Waals surface area contributed by atoms with Gasteiger partial charge in [0.1, 0.15) is 0 Å². The van der Waals surface area contributed by atoms with E-state index >= 15 is 0 Å². The van der Waals surface area contributed by atoms with Gasteiger partial charge in [0.15, 0.2) is 0 Å². The van der Waals surface area contributed by atoms with Crippen molar-refractivity contribution in [1.82, 2.24) is 0 Å². The van der Waals surface area contributed by atoms with Crippen LogP contribution in [0.15, 0.2) is 0 Å². The van der Waals surface area contributed by atoms with Crippen molar-refractivity contribution in [1.29, 1.82) is 0 Å². The fourth-order valence-electron chi connectivity index (χ4n) is 4.22. The van der Waals surface area contributed by atoms with Crippen LogP contribution >= 0.6 is 0 Å². The molecule has 2 saturated carbocycles. The molecule has 2 aliphatic carbocycles. The molecule has 2 nitrogen and oxygen atoms in total. The third-order valence-electron chi connectivity index (χ3n) is 5.61. The summed E-state index contributed by atoms with van der Waals surface area (Å²) in [7, 11) is 0. The second-order valence-corrected chi connectivity index (χ2v) is 6.45. The molecule has 0 aromatic carbocycles. The topological polar surface area (TPSA) is 46.2 Å². The normalized spacial score (nSPS) is 37.9. The number of rotatable bonds is 3. The lowest BCUT2D eigenvalue weighted by Crippen LogP contribution is -2.51. The van der Waals surface area contributed by atoms with E-state index in [4.69, 9.17) is 5.73 Å². The molecule has 0 saturated heterocycles. The fourth-order valence-corrected chi connectivity index (χ4v) is 4.22. The molecule has 2 atom stereocenters. The number of aliphatic hydroxyl groups is 1. The van der Waals surface area contributed by atoms with E-state index in [-0.39, 0.29) is 5.41 Å². The predicted octanol–water partition coefficient (Wildman–Crippen LogP) is 3.23. The molecule has 17 heavy (non-hydrogen) atoms. The molecule has 0 aromatic rings. The molecule has 2 heteroatoms. The Morgan fingerprint density at radius 2 is 1.76 bits per heavy atom. The average molecular weight is 239 g/mol. The Bertz CT molecular complexity index is 245. The van der Waals surface area contributed by atoms with Crippen molar-refractivity contribution in [2.24, 2.45) is 17.1 Å². The average Bonchev–Trinajstić information content (AvgIpc) is 2.60. The first-order chi connectivity index (χ1) is 8.16. The molecule has 0 radical (unpaired) electrons. The van der Waals surface area contributed by atoms with Gasteiger partial charge in [-0.3, -0.25) is 0 Å². The van der Waals surface area contributed by atoms with Crippen LogP contribution in [0, 0.1) is 11.3 Å². The van der Waals surface area contributed by atoms with E-state index in [0.717, 1.165) is 31.6 Å². The van der Waals surface area contributed by atoms with Crippen molar-refractivity contribution in [2.45, 2.75) is 76.7 Å². The molecule has 0 bridgehead atoms. The van der Waals surface area contributed by atoms with Gasteiger partial charge in [0.25, 0.3) is 0 Å². The van der Waals surface area contributed by atoms with Crippen LogP contribution in [-0.4, -0.2) is 17.3 Å². The van der Waals surface area contributed by atoms with E-state index < -0.39 is 5.60 Å². The molecule has 2 rings (SSSR count). The van der Waals surface area contributed by atoms with E-state index in [1.54, 1.807) is 0 Å². The first-order valence-electron chi connectivity index (χ1n) is 7.58. The lowest BCUT2D eigenvalue weighted by Gasteiger charge is -2.45. The Morgan fingerprint density at radius 1 is 1.12 bits per heavy atom.